The van der Waals surface area contributed by atoms with E-state index >= 15 is 0 Å². The second-order valence-corrected chi connectivity index (χ2v) is 4.22. The van der Waals surface area contributed by atoms with Crippen LogP contribution in [0.15, 0.2) is 36.7 Å². The summed E-state index contributed by atoms with van der Waals surface area (Å²) in [5.41, 5.74) is 0.955. The van der Waals surface area contributed by atoms with E-state index in [1.807, 2.05) is 30.5 Å². The van der Waals surface area contributed by atoms with Crippen LogP contribution in [0.5, 0.6) is 11.5 Å². The van der Waals surface area contributed by atoms with Crippen molar-refractivity contribution in [3.63, 3.8) is 0 Å². The number of ether oxygens (including phenoxy) is 2. The van der Waals surface area contributed by atoms with E-state index in [1.54, 1.807) is 18.0 Å². The summed E-state index contributed by atoms with van der Waals surface area (Å²) in [5.74, 6) is 1.61. The Kier molecular flexibility index (Phi) is 2.90. The highest BCUT2D eigenvalue weighted by atomic mass is 16.5. The SMILES string of the molecule is COc1cccc(-n2cc(OC3CNC3)cn2)c1. The number of methoxy groups -OCH3 is 1. The molecule has 0 bridgehead atoms. The first-order valence-electron chi connectivity index (χ1n) is 5.91. The van der Waals surface area contributed by atoms with Crippen LogP contribution in [0.1, 0.15) is 0 Å². The standard InChI is InChI=1S/C13H15N3O2/c1-17-11-4-2-3-10(5-11)16-9-13(8-15-16)18-12-6-14-7-12/h2-5,8-9,12,14H,6-7H2,1H3. The van der Waals surface area contributed by atoms with Crippen molar-refractivity contribution in [2.45, 2.75) is 6.10 Å². The lowest BCUT2D eigenvalue weighted by atomic mass is 10.2. The number of nitrogens with one attached hydrogen (secondary N) is 1. The van der Waals surface area contributed by atoms with Crippen LogP contribution in [0.4, 0.5) is 0 Å². The van der Waals surface area contributed by atoms with Gasteiger partial charge in [0.05, 0.1) is 25.2 Å². The first-order valence-corrected chi connectivity index (χ1v) is 5.91. The molecule has 0 amide bonds. The van der Waals surface area contributed by atoms with Crippen molar-refractivity contribution in [2.24, 2.45) is 0 Å². The molecule has 0 atom stereocenters. The molecular weight excluding hydrogens is 230 g/mol. The highest BCUT2D eigenvalue weighted by Gasteiger charge is 2.18. The molecule has 1 fully saturated rings. The Labute approximate surface area is 105 Å². The Hall–Kier alpha value is -2.01. The third-order valence-electron chi connectivity index (χ3n) is 2.92. The summed E-state index contributed by atoms with van der Waals surface area (Å²) in [6.45, 7) is 1.81. The van der Waals surface area contributed by atoms with Gasteiger partial charge in [0, 0.05) is 19.2 Å². The molecular formula is C13H15N3O2. The number of rotatable bonds is 4. The monoisotopic (exact) mass is 245 g/mol. The van der Waals surface area contributed by atoms with Crippen molar-refractivity contribution >= 4 is 0 Å². The minimum atomic E-state index is 0.271. The molecule has 0 radical (unpaired) electrons. The predicted octanol–water partition coefficient (Wildman–Crippen LogP) is 1.23. The molecule has 5 nitrogen and oxygen atoms in total. The molecule has 18 heavy (non-hydrogen) atoms. The summed E-state index contributed by atoms with van der Waals surface area (Å²) in [6, 6.07) is 7.75. The Morgan fingerprint density at radius 1 is 1.33 bits per heavy atom. The molecule has 0 saturated carbocycles. The topological polar surface area (TPSA) is 48.3 Å². The van der Waals surface area contributed by atoms with Crippen LogP contribution in [0, 0.1) is 0 Å². The molecule has 1 aliphatic rings. The molecule has 0 unspecified atom stereocenters. The molecule has 1 N–H and O–H groups in total. The average molecular weight is 245 g/mol. The van der Waals surface area contributed by atoms with E-state index in [0.29, 0.717) is 0 Å². The molecule has 3 rings (SSSR count). The smallest absolute Gasteiger partial charge is 0.158 e. The number of hydrogen-bond donors (Lipinski definition) is 1. The van der Waals surface area contributed by atoms with E-state index in [0.717, 1.165) is 30.3 Å². The van der Waals surface area contributed by atoms with Crippen molar-refractivity contribution in [3.05, 3.63) is 36.7 Å². The van der Waals surface area contributed by atoms with Crippen LogP contribution in [0.3, 0.4) is 0 Å². The van der Waals surface area contributed by atoms with Gasteiger partial charge in [-0.3, -0.25) is 0 Å². The molecule has 0 aliphatic carbocycles. The van der Waals surface area contributed by atoms with E-state index in [-0.39, 0.29) is 6.10 Å². The molecule has 1 aliphatic heterocycles. The lowest BCUT2D eigenvalue weighted by Gasteiger charge is -2.26. The zero-order chi connectivity index (χ0) is 12.4. The van der Waals surface area contributed by atoms with E-state index < -0.39 is 0 Å². The average Bonchev–Trinajstić information content (AvgIpc) is 2.83. The van der Waals surface area contributed by atoms with Crippen molar-refractivity contribution in [1.82, 2.24) is 15.1 Å². The summed E-state index contributed by atoms with van der Waals surface area (Å²) >= 11 is 0. The molecule has 0 spiro atoms. The van der Waals surface area contributed by atoms with Crippen LogP contribution in [0.2, 0.25) is 0 Å². The van der Waals surface area contributed by atoms with Gasteiger partial charge < -0.3 is 14.8 Å². The Morgan fingerprint density at radius 2 is 2.22 bits per heavy atom. The van der Waals surface area contributed by atoms with Gasteiger partial charge >= 0.3 is 0 Å². The van der Waals surface area contributed by atoms with E-state index in [4.69, 9.17) is 9.47 Å². The molecule has 2 heterocycles. The third-order valence-corrected chi connectivity index (χ3v) is 2.92. The quantitative estimate of drug-likeness (QED) is 0.880. The fraction of sp³-hybridized carbons (Fsp3) is 0.308. The second-order valence-electron chi connectivity index (χ2n) is 4.22. The van der Waals surface area contributed by atoms with E-state index in [2.05, 4.69) is 10.4 Å². The number of aromatic nitrogens is 2. The molecule has 94 valence electrons. The first kappa shape index (κ1) is 11.1. The van der Waals surface area contributed by atoms with Gasteiger partial charge in [-0.1, -0.05) is 6.07 Å². The van der Waals surface area contributed by atoms with Crippen LogP contribution in [0.25, 0.3) is 5.69 Å². The number of nitrogens with zero attached hydrogens (tertiary/aromatic N) is 2. The maximum absolute atomic E-state index is 5.73. The highest BCUT2D eigenvalue weighted by Crippen LogP contribution is 2.19. The minimum absolute atomic E-state index is 0.271. The maximum atomic E-state index is 5.73. The molecule has 5 heteroatoms. The zero-order valence-electron chi connectivity index (χ0n) is 10.2. The van der Waals surface area contributed by atoms with Gasteiger partial charge in [0.2, 0.25) is 0 Å². The molecule has 2 aromatic rings. The van der Waals surface area contributed by atoms with Gasteiger partial charge in [-0.05, 0) is 12.1 Å². The van der Waals surface area contributed by atoms with Crippen molar-refractivity contribution in [1.29, 1.82) is 0 Å². The highest BCUT2D eigenvalue weighted by molar-refractivity contribution is 5.39. The van der Waals surface area contributed by atoms with Gasteiger partial charge in [-0.25, -0.2) is 4.68 Å². The van der Waals surface area contributed by atoms with E-state index in [1.165, 1.54) is 0 Å². The largest absolute Gasteiger partial charge is 0.497 e. The summed E-state index contributed by atoms with van der Waals surface area (Å²) < 4.78 is 12.7. The van der Waals surface area contributed by atoms with Gasteiger partial charge in [-0.15, -0.1) is 0 Å². The number of benzene rings is 1. The fourth-order valence-corrected chi connectivity index (χ4v) is 1.80. The minimum Gasteiger partial charge on any atom is -0.497 e. The Balaban J connectivity index is 1.78. The normalized spacial score (nSPS) is 15.2. The van der Waals surface area contributed by atoms with Crippen LogP contribution < -0.4 is 14.8 Å². The van der Waals surface area contributed by atoms with Crippen molar-refractivity contribution < 1.29 is 9.47 Å². The summed E-state index contributed by atoms with van der Waals surface area (Å²) in [7, 11) is 1.65. The van der Waals surface area contributed by atoms with Crippen LogP contribution in [-0.4, -0.2) is 36.1 Å². The summed E-state index contributed by atoms with van der Waals surface area (Å²) in [6.07, 6.45) is 3.89. The van der Waals surface area contributed by atoms with Crippen LogP contribution >= 0.6 is 0 Å². The summed E-state index contributed by atoms with van der Waals surface area (Å²) in [5, 5.41) is 7.46. The first-order chi connectivity index (χ1) is 8.85. The Bertz CT molecular complexity index is 535. The second kappa shape index (κ2) is 4.70. The fourth-order valence-electron chi connectivity index (χ4n) is 1.80. The van der Waals surface area contributed by atoms with E-state index in [9.17, 15) is 0 Å². The van der Waals surface area contributed by atoms with Crippen LogP contribution in [-0.2, 0) is 0 Å². The molecule has 1 saturated heterocycles. The van der Waals surface area contributed by atoms with Crippen molar-refractivity contribution in [3.8, 4) is 17.2 Å². The lowest BCUT2D eigenvalue weighted by molar-refractivity contribution is 0.142. The lowest BCUT2D eigenvalue weighted by Crippen LogP contribution is -2.50. The number of hydrogen-bond acceptors (Lipinski definition) is 4. The zero-order valence-corrected chi connectivity index (χ0v) is 10.2. The summed E-state index contributed by atoms with van der Waals surface area (Å²) in [4.78, 5) is 0. The van der Waals surface area contributed by atoms with Gasteiger partial charge in [-0.2, -0.15) is 5.10 Å². The van der Waals surface area contributed by atoms with Gasteiger partial charge in [0.15, 0.2) is 5.75 Å². The Morgan fingerprint density at radius 3 is 2.94 bits per heavy atom. The molecule has 1 aromatic carbocycles. The van der Waals surface area contributed by atoms with Gasteiger partial charge in [0.1, 0.15) is 11.9 Å². The van der Waals surface area contributed by atoms with Gasteiger partial charge in [0.25, 0.3) is 0 Å². The van der Waals surface area contributed by atoms with Crippen molar-refractivity contribution in [2.75, 3.05) is 20.2 Å². The predicted molar refractivity (Wildman–Crippen MR) is 67.4 cm³/mol. The maximum Gasteiger partial charge on any atom is 0.158 e. The molecule has 1 aromatic heterocycles. The third kappa shape index (κ3) is 2.17.